The number of carboxylic acid groups (broad SMARTS) is 1. The molecule has 1 rings (SSSR count). The molecule has 19 heavy (non-hydrogen) atoms. The van der Waals surface area contributed by atoms with E-state index in [4.69, 9.17) is 10.4 Å². The number of amides is 1. The number of hydrogen-bond donors (Lipinski definition) is 1. The number of carbonyl (C=O) groups excluding carboxylic acids is 1. The van der Waals surface area contributed by atoms with E-state index in [-0.39, 0.29) is 16.2 Å². The van der Waals surface area contributed by atoms with Crippen LogP contribution in [0.1, 0.15) is 5.56 Å². The Labute approximate surface area is 105 Å². The third-order valence-electron chi connectivity index (χ3n) is 2.07. The predicted molar refractivity (Wildman–Crippen MR) is 57.2 cm³/mol. The molecule has 1 aromatic rings. The van der Waals surface area contributed by atoms with Gasteiger partial charge < -0.3 is 5.11 Å². The minimum absolute atomic E-state index is 0.0165. The molecule has 0 aliphatic carbocycles. The number of rotatable bonds is 3. The highest BCUT2D eigenvalue weighted by molar-refractivity contribution is 6.00. The molecule has 0 spiro atoms. The van der Waals surface area contributed by atoms with Gasteiger partial charge in [-0.05, 0) is 18.2 Å². The van der Waals surface area contributed by atoms with Crippen LogP contribution in [0.5, 0.6) is 0 Å². The van der Waals surface area contributed by atoms with Gasteiger partial charge in [0.15, 0.2) is 0 Å². The van der Waals surface area contributed by atoms with E-state index in [1.165, 1.54) is 12.1 Å². The average Bonchev–Trinajstić information content (AvgIpc) is 2.34. The molecule has 0 aliphatic heterocycles. The molecule has 1 amide bonds. The first-order valence-electron chi connectivity index (χ1n) is 4.86. The Balaban J connectivity index is 3.20. The van der Waals surface area contributed by atoms with E-state index in [1.807, 2.05) is 0 Å². The highest BCUT2D eigenvalue weighted by Crippen LogP contribution is 2.24. The Morgan fingerprint density at radius 2 is 2.00 bits per heavy atom. The molecule has 0 atom stereocenters. The van der Waals surface area contributed by atoms with Crippen LogP contribution in [0.15, 0.2) is 24.3 Å². The standard InChI is InChI=1S/C11H7F3N2O3/c12-11(13,14)10(19)16(6-9(17)18)8-3-1-2-7(4-8)5-15/h1-4H,6H2,(H,17,18). The van der Waals surface area contributed by atoms with E-state index in [9.17, 15) is 22.8 Å². The number of aliphatic carboxylic acids is 1. The maximum Gasteiger partial charge on any atom is 0.471 e. The smallest absolute Gasteiger partial charge is 0.471 e. The van der Waals surface area contributed by atoms with Gasteiger partial charge in [-0.15, -0.1) is 0 Å². The molecule has 0 heterocycles. The van der Waals surface area contributed by atoms with Gasteiger partial charge in [0.1, 0.15) is 6.54 Å². The summed E-state index contributed by atoms with van der Waals surface area (Å²) in [7, 11) is 0. The number of nitrogens with zero attached hydrogens (tertiary/aromatic N) is 2. The quantitative estimate of drug-likeness (QED) is 0.904. The fraction of sp³-hybridized carbons (Fsp3) is 0.182. The first kappa shape index (κ1) is 14.5. The van der Waals surface area contributed by atoms with Gasteiger partial charge in [0.25, 0.3) is 0 Å². The molecule has 0 saturated heterocycles. The zero-order valence-corrected chi connectivity index (χ0v) is 9.31. The number of anilines is 1. The summed E-state index contributed by atoms with van der Waals surface area (Å²) in [6.45, 7) is -1.15. The molecular formula is C11H7F3N2O3. The third-order valence-corrected chi connectivity index (χ3v) is 2.07. The van der Waals surface area contributed by atoms with Gasteiger partial charge in [-0.2, -0.15) is 18.4 Å². The molecule has 5 nitrogen and oxygen atoms in total. The molecule has 0 bridgehead atoms. The van der Waals surface area contributed by atoms with Crippen LogP contribution in [0.25, 0.3) is 0 Å². The largest absolute Gasteiger partial charge is 0.480 e. The van der Waals surface area contributed by atoms with Crippen LogP contribution >= 0.6 is 0 Å². The molecule has 1 N–H and O–H groups in total. The summed E-state index contributed by atoms with van der Waals surface area (Å²) in [5, 5.41) is 17.2. The van der Waals surface area contributed by atoms with Crippen LogP contribution in [-0.2, 0) is 9.59 Å². The number of halogens is 3. The van der Waals surface area contributed by atoms with Gasteiger partial charge in [0.05, 0.1) is 11.6 Å². The summed E-state index contributed by atoms with van der Waals surface area (Å²) in [5.74, 6) is -3.90. The molecule has 1 aromatic carbocycles. The van der Waals surface area contributed by atoms with E-state index >= 15 is 0 Å². The Bertz CT molecular complexity index is 549. The summed E-state index contributed by atoms with van der Waals surface area (Å²) >= 11 is 0. The summed E-state index contributed by atoms with van der Waals surface area (Å²) in [5.41, 5.74) is -0.286. The van der Waals surface area contributed by atoms with Gasteiger partial charge in [0.2, 0.25) is 0 Å². The fourth-order valence-electron chi connectivity index (χ4n) is 1.31. The number of hydrogen-bond acceptors (Lipinski definition) is 3. The molecule has 8 heteroatoms. The number of benzene rings is 1. The lowest BCUT2D eigenvalue weighted by Gasteiger charge is -2.22. The monoisotopic (exact) mass is 272 g/mol. The highest BCUT2D eigenvalue weighted by atomic mass is 19.4. The van der Waals surface area contributed by atoms with Crippen molar-refractivity contribution in [2.75, 3.05) is 11.4 Å². The van der Waals surface area contributed by atoms with E-state index in [0.29, 0.717) is 0 Å². The summed E-state index contributed by atoms with van der Waals surface area (Å²) in [6, 6.07) is 6.39. The number of alkyl halides is 3. The molecule has 0 aromatic heterocycles. The number of nitriles is 1. The van der Waals surface area contributed by atoms with Crippen LogP contribution in [0, 0.1) is 11.3 Å². The summed E-state index contributed by atoms with van der Waals surface area (Å²) in [4.78, 5) is 21.8. The molecule has 0 aliphatic rings. The van der Waals surface area contributed by atoms with E-state index in [0.717, 1.165) is 12.1 Å². The van der Waals surface area contributed by atoms with Crippen molar-refractivity contribution in [3.05, 3.63) is 29.8 Å². The van der Waals surface area contributed by atoms with E-state index in [1.54, 1.807) is 6.07 Å². The lowest BCUT2D eigenvalue weighted by molar-refractivity contribution is -0.170. The second kappa shape index (κ2) is 5.39. The van der Waals surface area contributed by atoms with Crippen LogP contribution in [0.4, 0.5) is 18.9 Å². The second-order valence-electron chi connectivity index (χ2n) is 3.44. The highest BCUT2D eigenvalue weighted by Gasteiger charge is 2.43. The van der Waals surface area contributed by atoms with Crippen LogP contribution < -0.4 is 4.90 Å². The maximum absolute atomic E-state index is 12.4. The van der Waals surface area contributed by atoms with Crippen LogP contribution in [0.3, 0.4) is 0 Å². The van der Waals surface area contributed by atoms with Crippen molar-refractivity contribution >= 4 is 17.6 Å². The first-order chi connectivity index (χ1) is 8.75. The van der Waals surface area contributed by atoms with Gasteiger partial charge in [0, 0.05) is 5.69 Å². The molecule has 0 unspecified atom stereocenters. The van der Waals surface area contributed by atoms with Crippen molar-refractivity contribution in [1.82, 2.24) is 0 Å². The minimum atomic E-state index is -5.20. The second-order valence-corrected chi connectivity index (χ2v) is 3.44. The fourth-order valence-corrected chi connectivity index (χ4v) is 1.31. The normalized spacial score (nSPS) is 10.6. The van der Waals surface area contributed by atoms with Gasteiger partial charge >= 0.3 is 18.1 Å². The minimum Gasteiger partial charge on any atom is -0.480 e. The lowest BCUT2D eigenvalue weighted by Crippen LogP contribution is -2.44. The van der Waals surface area contributed by atoms with Crippen LogP contribution in [-0.4, -0.2) is 29.7 Å². The Morgan fingerprint density at radius 3 is 2.47 bits per heavy atom. The zero-order valence-electron chi connectivity index (χ0n) is 9.31. The molecule has 0 saturated carbocycles. The van der Waals surface area contributed by atoms with Crippen molar-refractivity contribution in [1.29, 1.82) is 5.26 Å². The Hall–Kier alpha value is -2.56. The Morgan fingerprint density at radius 1 is 1.37 bits per heavy atom. The Kier molecular flexibility index (Phi) is 4.11. The summed E-state index contributed by atoms with van der Waals surface area (Å²) in [6.07, 6.45) is -5.20. The van der Waals surface area contributed by atoms with Gasteiger partial charge in [-0.3, -0.25) is 14.5 Å². The zero-order chi connectivity index (χ0) is 14.6. The molecule has 0 radical (unpaired) electrons. The number of carboxylic acids is 1. The first-order valence-corrected chi connectivity index (χ1v) is 4.86. The van der Waals surface area contributed by atoms with Crippen molar-refractivity contribution in [3.8, 4) is 6.07 Å². The summed E-state index contributed by atoms with van der Waals surface area (Å²) < 4.78 is 37.1. The van der Waals surface area contributed by atoms with E-state index < -0.39 is 24.6 Å². The van der Waals surface area contributed by atoms with Gasteiger partial charge in [-0.1, -0.05) is 6.07 Å². The molecular weight excluding hydrogens is 265 g/mol. The van der Waals surface area contributed by atoms with Crippen LogP contribution in [0.2, 0.25) is 0 Å². The molecule has 100 valence electrons. The van der Waals surface area contributed by atoms with E-state index in [2.05, 4.69) is 0 Å². The SMILES string of the molecule is N#Cc1cccc(N(CC(=O)O)C(=O)C(F)(F)F)c1. The lowest BCUT2D eigenvalue weighted by atomic mass is 10.2. The topological polar surface area (TPSA) is 81.4 Å². The van der Waals surface area contributed by atoms with Gasteiger partial charge in [-0.25, -0.2) is 0 Å². The van der Waals surface area contributed by atoms with Crippen molar-refractivity contribution in [2.24, 2.45) is 0 Å². The van der Waals surface area contributed by atoms with Crippen molar-refractivity contribution < 1.29 is 27.9 Å². The predicted octanol–water partition coefficient (Wildman–Crippen LogP) is 1.54. The number of carbonyl (C=O) groups is 2. The van der Waals surface area contributed by atoms with Crippen molar-refractivity contribution in [2.45, 2.75) is 6.18 Å². The third kappa shape index (κ3) is 3.70. The average molecular weight is 272 g/mol. The maximum atomic E-state index is 12.4. The van der Waals surface area contributed by atoms with Crippen molar-refractivity contribution in [3.63, 3.8) is 0 Å². The molecule has 0 fully saturated rings.